The zero-order valence-corrected chi connectivity index (χ0v) is 10.4. The van der Waals surface area contributed by atoms with Crippen LogP contribution in [0.5, 0.6) is 0 Å². The van der Waals surface area contributed by atoms with E-state index in [4.69, 9.17) is 0 Å². The van der Waals surface area contributed by atoms with Crippen molar-refractivity contribution in [2.75, 3.05) is 12.5 Å². The van der Waals surface area contributed by atoms with Gasteiger partial charge in [0.25, 0.3) is 0 Å². The van der Waals surface area contributed by atoms with E-state index in [-0.39, 0.29) is 12.4 Å². The van der Waals surface area contributed by atoms with E-state index < -0.39 is 0 Å². The minimum Gasteiger partial charge on any atom is -0.307 e. The number of halogens is 1. The van der Waals surface area contributed by atoms with Crippen molar-refractivity contribution in [3.63, 3.8) is 0 Å². The van der Waals surface area contributed by atoms with Crippen molar-refractivity contribution in [1.29, 1.82) is 0 Å². The zero-order chi connectivity index (χ0) is 9.26. The van der Waals surface area contributed by atoms with E-state index >= 15 is 0 Å². The van der Waals surface area contributed by atoms with E-state index in [1.165, 1.54) is 15.4 Å². The summed E-state index contributed by atoms with van der Waals surface area (Å²) in [5.74, 6) is 0. The summed E-state index contributed by atoms with van der Waals surface area (Å²) in [4.78, 5) is 5.41. The van der Waals surface area contributed by atoms with Gasteiger partial charge in [-0.15, -0.1) is 35.9 Å². The van der Waals surface area contributed by atoms with Crippen LogP contribution in [0.4, 0.5) is 0 Å². The maximum absolute atomic E-state index is 4.13. The Morgan fingerprint density at radius 3 is 2.71 bits per heavy atom. The molecule has 0 saturated heterocycles. The first kappa shape index (κ1) is 11.8. The van der Waals surface area contributed by atoms with E-state index in [0.717, 1.165) is 0 Å². The van der Waals surface area contributed by atoms with Crippen molar-refractivity contribution < 1.29 is 0 Å². The summed E-state index contributed by atoms with van der Waals surface area (Å²) in [6.07, 6.45) is 9.90. The molecule has 2 aromatic heterocycles. The highest BCUT2D eigenvalue weighted by Gasteiger charge is 2.06. The Morgan fingerprint density at radius 2 is 2.07 bits per heavy atom. The average molecular weight is 247 g/mol. The first-order valence-electron chi connectivity index (χ1n) is 3.90. The van der Waals surface area contributed by atoms with E-state index in [9.17, 15) is 0 Å². The van der Waals surface area contributed by atoms with E-state index in [1.54, 1.807) is 23.5 Å². The van der Waals surface area contributed by atoms with Crippen LogP contribution in [0.15, 0.2) is 34.6 Å². The molecular weight excluding hydrogens is 236 g/mol. The van der Waals surface area contributed by atoms with Crippen molar-refractivity contribution in [2.24, 2.45) is 0 Å². The molecule has 0 bridgehead atoms. The fourth-order valence-electron chi connectivity index (χ4n) is 1.31. The van der Waals surface area contributed by atoms with Crippen LogP contribution in [0.2, 0.25) is 0 Å². The van der Waals surface area contributed by atoms with Gasteiger partial charge in [0, 0.05) is 17.3 Å². The molecule has 0 amide bonds. The minimum absolute atomic E-state index is 0. The van der Waals surface area contributed by atoms with Gasteiger partial charge in [-0.2, -0.15) is 0 Å². The van der Waals surface area contributed by atoms with Crippen molar-refractivity contribution in [3.05, 3.63) is 24.7 Å². The molecule has 0 radical (unpaired) electrons. The van der Waals surface area contributed by atoms with Crippen molar-refractivity contribution >= 4 is 41.4 Å². The third kappa shape index (κ3) is 1.87. The topological polar surface area (TPSA) is 17.3 Å². The van der Waals surface area contributed by atoms with Gasteiger partial charge in [-0.05, 0) is 18.6 Å². The fourth-order valence-corrected chi connectivity index (χ4v) is 2.57. The molecule has 2 heterocycles. The van der Waals surface area contributed by atoms with E-state index in [1.807, 2.05) is 18.6 Å². The van der Waals surface area contributed by atoms with Crippen LogP contribution in [-0.2, 0) is 0 Å². The highest BCUT2D eigenvalue weighted by atomic mass is 35.5. The van der Waals surface area contributed by atoms with E-state index in [2.05, 4.69) is 28.0 Å². The summed E-state index contributed by atoms with van der Waals surface area (Å²) >= 11 is 3.52. The van der Waals surface area contributed by atoms with Gasteiger partial charge >= 0.3 is 0 Å². The van der Waals surface area contributed by atoms with Crippen LogP contribution in [0.25, 0.3) is 5.52 Å². The summed E-state index contributed by atoms with van der Waals surface area (Å²) in [6.45, 7) is 0. The molecule has 0 aromatic carbocycles. The molecule has 14 heavy (non-hydrogen) atoms. The molecule has 0 saturated carbocycles. The van der Waals surface area contributed by atoms with Crippen LogP contribution in [0.3, 0.4) is 0 Å². The summed E-state index contributed by atoms with van der Waals surface area (Å²) in [6, 6.07) is 2.20. The van der Waals surface area contributed by atoms with Gasteiger partial charge in [0.1, 0.15) is 0 Å². The van der Waals surface area contributed by atoms with Crippen molar-refractivity contribution in [1.82, 2.24) is 9.38 Å². The van der Waals surface area contributed by atoms with Crippen LogP contribution >= 0.6 is 35.9 Å². The first-order valence-corrected chi connectivity index (χ1v) is 6.35. The van der Waals surface area contributed by atoms with Crippen LogP contribution in [0, 0.1) is 0 Å². The highest BCUT2D eigenvalue weighted by Crippen LogP contribution is 2.28. The lowest BCUT2D eigenvalue weighted by molar-refractivity contribution is 1.03. The fraction of sp³-hybridized carbons (Fsp3) is 0.222. The molecule has 2 aromatic rings. The number of rotatable bonds is 2. The molecule has 0 atom stereocenters. The summed E-state index contributed by atoms with van der Waals surface area (Å²) in [5.41, 5.74) is 1.19. The summed E-state index contributed by atoms with van der Waals surface area (Å²) < 4.78 is 2.17. The van der Waals surface area contributed by atoms with Crippen LogP contribution in [-0.4, -0.2) is 21.9 Å². The maximum Gasteiger partial charge on any atom is 0.0804 e. The molecule has 0 N–H and O–H groups in total. The minimum atomic E-state index is 0. The Labute approximate surface area is 97.9 Å². The molecule has 2 rings (SSSR count). The molecule has 0 unspecified atom stereocenters. The van der Waals surface area contributed by atoms with E-state index in [0.29, 0.717) is 0 Å². The number of hydrogen-bond donors (Lipinski definition) is 0. The monoisotopic (exact) mass is 246 g/mol. The number of nitrogens with zero attached hydrogens (tertiary/aromatic N) is 2. The third-order valence-electron chi connectivity index (χ3n) is 1.93. The Kier molecular flexibility index (Phi) is 4.16. The predicted octanol–water partition coefficient (Wildman–Crippen LogP) is 3.20. The van der Waals surface area contributed by atoms with Gasteiger partial charge in [0.05, 0.1) is 16.7 Å². The van der Waals surface area contributed by atoms with Gasteiger partial charge in [0.15, 0.2) is 0 Å². The molecule has 0 aliphatic heterocycles. The lowest BCUT2D eigenvalue weighted by Gasteiger charge is -1.97. The highest BCUT2D eigenvalue weighted by molar-refractivity contribution is 7.99. The molecule has 2 nitrogen and oxygen atoms in total. The zero-order valence-electron chi connectivity index (χ0n) is 7.93. The Morgan fingerprint density at radius 1 is 1.29 bits per heavy atom. The van der Waals surface area contributed by atoms with Gasteiger partial charge in [-0.3, -0.25) is 4.98 Å². The van der Waals surface area contributed by atoms with Crippen molar-refractivity contribution in [3.8, 4) is 0 Å². The standard InChI is InChI=1S/C9H10N2S2.ClH/c1-12-8-5-9(13-2)11-4-3-10-6-7(8)11;/h3-6H,1-2H3;1H. The predicted molar refractivity (Wildman–Crippen MR) is 66.0 cm³/mol. The Hall–Kier alpha value is -0.320. The second-order valence-electron chi connectivity index (χ2n) is 2.59. The second kappa shape index (κ2) is 4.96. The molecule has 76 valence electrons. The van der Waals surface area contributed by atoms with Gasteiger partial charge in [0.2, 0.25) is 0 Å². The second-order valence-corrected chi connectivity index (χ2v) is 4.26. The molecule has 5 heteroatoms. The van der Waals surface area contributed by atoms with Crippen LogP contribution < -0.4 is 0 Å². The number of thioether (sulfide) groups is 2. The van der Waals surface area contributed by atoms with Gasteiger partial charge in [-0.1, -0.05) is 0 Å². The molecule has 0 fully saturated rings. The normalized spacial score (nSPS) is 10.1. The van der Waals surface area contributed by atoms with Crippen LogP contribution in [0.1, 0.15) is 0 Å². The average Bonchev–Trinajstić information content (AvgIpc) is 2.56. The molecule has 0 spiro atoms. The maximum atomic E-state index is 4.13. The SMILES string of the molecule is CSc1cc(SC)n2ccncc12.Cl. The largest absolute Gasteiger partial charge is 0.307 e. The lowest BCUT2D eigenvalue weighted by Crippen LogP contribution is -1.85. The first-order chi connectivity index (χ1) is 6.36. The Bertz CT molecular complexity index is 390. The third-order valence-corrected chi connectivity index (χ3v) is 3.43. The van der Waals surface area contributed by atoms with Gasteiger partial charge < -0.3 is 4.40 Å². The number of fused-ring (bicyclic) bond motifs is 1. The number of hydrogen-bond acceptors (Lipinski definition) is 3. The van der Waals surface area contributed by atoms with Gasteiger partial charge in [-0.25, -0.2) is 0 Å². The molecular formula is C9H11ClN2S2. The smallest absolute Gasteiger partial charge is 0.0804 e. The quantitative estimate of drug-likeness (QED) is 0.758. The Balaban J connectivity index is 0.000000980. The summed E-state index contributed by atoms with van der Waals surface area (Å²) in [7, 11) is 0. The number of aromatic nitrogens is 2. The molecule has 0 aliphatic rings. The van der Waals surface area contributed by atoms with Crippen molar-refractivity contribution in [2.45, 2.75) is 9.92 Å². The molecule has 0 aliphatic carbocycles. The lowest BCUT2D eigenvalue weighted by atomic mass is 10.5. The summed E-state index contributed by atoms with van der Waals surface area (Å²) in [5, 5.41) is 1.27.